The molecular formula is C19H22N4O. The Kier molecular flexibility index (Phi) is 6.66. The monoisotopic (exact) mass is 322 g/mol. The summed E-state index contributed by atoms with van der Waals surface area (Å²) in [4.78, 5) is 4.18. The molecular weight excluding hydrogens is 300 g/mol. The van der Waals surface area contributed by atoms with Crippen molar-refractivity contribution in [1.82, 2.24) is 10.6 Å². The van der Waals surface area contributed by atoms with Crippen molar-refractivity contribution in [3.05, 3.63) is 65.2 Å². The molecule has 0 saturated carbocycles. The minimum absolute atomic E-state index is 0.549. The zero-order chi connectivity index (χ0) is 17.2. The Labute approximate surface area is 143 Å². The lowest BCUT2D eigenvalue weighted by molar-refractivity contribution is 0.322. The quantitative estimate of drug-likeness (QED) is 0.487. The molecule has 5 nitrogen and oxygen atoms in total. The summed E-state index contributed by atoms with van der Waals surface area (Å²) >= 11 is 0. The first-order chi connectivity index (χ1) is 11.7. The Bertz CT molecular complexity index is 717. The number of hydrogen-bond acceptors (Lipinski definition) is 3. The fraction of sp³-hybridized carbons (Fsp3) is 0.263. The van der Waals surface area contributed by atoms with Crippen LogP contribution in [0.15, 0.2) is 53.5 Å². The molecule has 0 fully saturated rings. The zero-order valence-corrected chi connectivity index (χ0v) is 14.0. The van der Waals surface area contributed by atoms with E-state index < -0.39 is 0 Å². The first-order valence-corrected chi connectivity index (χ1v) is 7.84. The van der Waals surface area contributed by atoms with Gasteiger partial charge in [0.15, 0.2) is 5.96 Å². The van der Waals surface area contributed by atoms with Crippen LogP contribution in [0.5, 0.6) is 5.75 Å². The number of guanidine groups is 1. The van der Waals surface area contributed by atoms with Gasteiger partial charge >= 0.3 is 0 Å². The van der Waals surface area contributed by atoms with E-state index in [2.05, 4.69) is 21.7 Å². The van der Waals surface area contributed by atoms with E-state index in [0.29, 0.717) is 31.2 Å². The molecule has 24 heavy (non-hydrogen) atoms. The van der Waals surface area contributed by atoms with Crippen LogP contribution in [-0.4, -0.2) is 26.2 Å². The molecule has 0 aromatic heterocycles. The summed E-state index contributed by atoms with van der Waals surface area (Å²) in [6, 6.07) is 17.6. The second kappa shape index (κ2) is 9.21. The van der Waals surface area contributed by atoms with Crippen LogP contribution in [0.3, 0.4) is 0 Å². The van der Waals surface area contributed by atoms with E-state index in [4.69, 9.17) is 10.00 Å². The average molecular weight is 322 g/mol. The Balaban J connectivity index is 1.72. The van der Waals surface area contributed by atoms with Crippen LogP contribution in [0, 0.1) is 18.3 Å². The maximum atomic E-state index is 8.92. The number of aliphatic imine (C=N–C) groups is 1. The Morgan fingerprint density at radius 2 is 1.96 bits per heavy atom. The van der Waals surface area contributed by atoms with Crippen molar-refractivity contribution in [3.63, 3.8) is 0 Å². The van der Waals surface area contributed by atoms with Gasteiger partial charge in [0.1, 0.15) is 12.4 Å². The topological polar surface area (TPSA) is 69.4 Å². The number of nitrogens with zero attached hydrogens (tertiary/aromatic N) is 2. The second-order valence-electron chi connectivity index (χ2n) is 5.33. The van der Waals surface area contributed by atoms with E-state index in [1.807, 2.05) is 49.4 Å². The lowest BCUT2D eigenvalue weighted by Crippen LogP contribution is -2.38. The molecule has 0 spiro atoms. The van der Waals surface area contributed by atoms with Gasteiger partial charge in [0.2, 0.25) is 0 Å². The number of nitriles is 1. The first kappa shape index (κ1) is 17.4. The zero-order valence-electron chi connectivity index (χ0n) is 14.0. The van der Waals surface area contributed by atoms with Gasteiger partial charge in [-0.2, -0.15) is 5.26 Å². The molecule has 0 aliphatic rings. The van der Waals surface area contributed by atoms with Crippen LogP contribution < -0.4 is 15.4 Å². The molecule has 0 unspecified atom stereocenters. The lowest BCUT2D eigenvalue weighted by Gasteiger charge is -2.12. The second-order valence-corrected chi connectivity index (χ2v) is 5.33. The van der Waals surface area contributed by atoms with Gasteiger partial charge < -0.3 is 15.4 Å². The molecule has 0 atom stereocenters. The Morgan fingerprint density at radius 1 is 1.17 bits per heavy atom. The van der Waals surface area contributed by atoms with Crippen LogP contribution in [0.2, 0.25) is 0 Å². The number of aryl methyl sites for hydroxylation is 1. The van der Waals surface area contributed by atoms with Crippen molar-refractivity contribution < 1.29 is 4.74 Å². The first-order valence-electron chi connectivity index (χ1n) is 7.84. The van der Waals surface area contributed by atoms with Gasteiger partial charge in [0.05, 0.1) is 18.2 Å². The largest absolute Gasteiger partial charge is 0.492 e. The highest BCUT2D eigenvalue weighted by Crippen LogP contribution is 2.10. The van der Waals surface area contributed by atoms with Crippen LogP contribution in [0.1, 0.15) is 16.7 Å². The minimum Gasteiger partial charge on any atom is -0.492 e. The third kappa shape index (κ3) is 5.65. The van der Waals surface area contributed by atoms with E-state index >= 15 is 0 Å². The predicted octanol–water partition coefficient (Wildman–Crippen LogP) is 2.61. The third-order valence-electron chi connectivity index (χ3n) is 3.42. The van der Waals surface area contributed by atoms with Gasteiger partial charge in [0.25, 0.3) is 0 Å². The molecule has 0 saturated heterocycles. The van der Waals surface area contributed by atoms with Crippen molar-refractivity contribution in [2.24, 2.45) is 4.99 Å². The molecule has 2 aromatic rings. The molecule has 0 amide bonds. The summed E-state index contributed by atoms with van der Waals surface area (Å²) in [6.45, 7) is 3.85. The maximum absolute atomic E-state index is 8.92. The summed E-state index contributed by atoms with van der Waals surface area (Å²) in [5.41, 5.74) is 2.90. The van der Waals surface area contributed by atoms with Gasteiger partial charge in [-0.3, -0.25) is 4.99 Å². The van der Waals surface area contributed by atoms with E-state index in [9.17, 15) is 0 Å². The number of rotatable bonds is 6. The summed E-state index contributed by atoms with van der Waals surface area (Å²) < 4.78 is 5.67. The number of hydrogen-bond donors (Lipinski definition) is 2. The van der Waals surface area contributed by atoms with E-state index in [1.54, 1.807) is 13.1 Å². The average Bonchev–Trinajstić information content (AvgIpc) is 2.63. The highest BCUT2D eigenvalue weighted by molar-refractivity contribution is 5.79. The molecule has 2 rings (SSSR count). The fourth-order valence-corrected chi connectivity index (χ4v) is 2.13. The summed E-state index contributed by atoms with van der Waals surface area (Å²) in [5, 5.41) is 15.3. The van der Waals surface area contributed by atoms with Crippen molar-refractivity contribution in [2.75, 3.05) is 20.2 Å². The third-order valence-corrected chi connectivity index (χ3v) is 3.42. The highest BCUT2D eigenvalue weighted by Gasteiger charge is 2.00. The normalized spacial score (nSPS) is 10.8. The Morgan fingerprint density at radius 3 is 2.67 bits per heavy atom. The highest BCUT2D eigenvalue weighted by atomic mass is 16.5. The summed E-state index contributed by atoms with van der Waals surface area (Å²) in [5.74, 6) is 1.56. The molecule has 0 aliphatic carbocycles. The number of ether oxygens (including phenoxy) is 1. The molecule has 124 valence electrons. The van der Waals surface area contributed by atoms with Crippen LogP contribution in [-0.2, 0) is 6.54 Å². The van der Waals surface area contributed by atoms with Gasteiger partial charge in [-0.25, -0.2) is 0 Å². The Hall–Kier alpha value is -3.00. The minimum atomic E-state index is 0.549. The van der Waals surface area contributed by atoms with Gasteiger partial charge in [-0.1, -0.05) is 29.8 Å². The summed E-state index contributed by atoms with van der Waals surface area (Å²) in [7, 11) is 1.72. The smallest absolute Gasteiger partial charge is 0.191 e. The standard InChI is InChI=1S/C19H22N4O/c1-15-6-8-18(9-7-15)24-11-10-22-19(21-2)23-14-17-5-3-4-16(12-17)13-20/h3-9,12H,10-11,14H2,1-2H3,(H2,21,22,23). The lowest BCUT2D eigenvalue weighted by atomic mass is 10.1. The van der Waals surface area contributed by atoms with Crippen molar-refractivity contribution in [1.29, 1.82) is 5.26 Å². The van der Waals surface area contributed by atoms with Gasteiger partial charge in [-0.05, 0) is 36.8 Å². The number of benzene rings is 2. The number of nitrogens with one attached hydrogen (secondary N) is 2. The summed E-state index contributed by atoms with van der Waals surface area (Å²) in [6.07, 6.45) is 0. The molecule has 2 N–H and O–H groups in total. The fourth-order valence-electron chi connectivity index (χ4n) is 2.13. The van der Waals surface area contributed by atoms with Gasteiger partial charge in [0, 0.05) is 13.6 Å². The van der Waals surface area contributed by atoms with E-state index in [0.717, 1.165) is 11.3 Å². The van der Waals surface area contributed by atoms with Crippen molar-refractivity contribution in [2.45, 2.75) is 13.5 Å². The maximum Gasteiger partial charge on any atom is 0.191 e. The molecule has 2 aromatic carbocycles. The van der Waals surface area contributed by atoms with E-state index in [1.165, 1.54) is 5.56 Å². The van der Waals surface area contributed by atoms with Crippen LogP contribution in [0.4, 0.5) is 0 Å². The van der Waals surface area contributed by atoms with Gasteiger partial charge in [-0.15, -0.1) is 0 Å². The van der Waals surface area contributed by atoms with Crippen LogP contribution >= 0.6 is 0 Å². The van der Waals surface area contributed by atoms with Crippen LogP contribution in [0.25, 0.3) is 0 Å². The van der Waals surface area contributed by atoms with E-state index in [-0.39, 0.29) is 0 Å². The van der Waals surface area contributed by atoms with Crippen molar-refractivity contribution >= 4 is 5.96 Å². The predicted molar refractivity (Wildman–Crippen MR) is 96.0 cm³/mol. The molecule has 5 heteroatoms. The SMILES string of the molecule is CN=C(NCCOc1ccc(C)cc1)NCc1cccc(C#N)c1. The molecule has 0 aliphatic heterocycles. The molecule has 0 bridgehead atoms. The van der Waals surface area contributed by atoms with Crippen molar-refractivity contribution in [3.8, 4) is 11.8 Å². The molecule has 0 heterocycles. The molecule has 0 radical (unpaired) electrons.